The van der Waals surface area contributed by atoms with Gasteiger partial charge in [0.2, 0.25) is 0 Å². The highest BCUT2D eigenvalue weighted by Crippen LogP contribution is 2.40. The summed E-state index contributed by atoms with van der Waals surface area (Å²) in [6.07, 6.45) is 7.42. The van der Waals surface area contributed by atoms with Crippen molar-refractivity contribution in [2.45, 2.75) is 38.8 Å². The van der Waals surface area contributed by atoms with Crippen LogP contribution in [0, 0.1) is 5.82 Å². The van der Waals surface area contributed by atoms with E-state index in [0.717, 1.165) is 42.4 Å². The molecule has 0 bridgehead atoms. The Morgan fingerprint density at radius 2 is 1.91 bits per heavy atom. The maximum Gasteiger partial charge on any atom is 0.255 e. The number of furan rings is 1. The Morgan fingerprint density at radius 3 is 2.74 bits per heavy atom. The molecule has 1 N–H and O–H groups in total. The molecule has 7 heteroatoms. The van der Waals surface area contributed by atoms with Crippen LogP contribution >= 0.6 is 11.3 Å². The van der Waals surface area contributed by atoms with Gasteiger partial charge in [0, 0.05) is 16.7 Å². The summed E-state index contributed by atoms with van der Waals surface area (Å²) in [5, 5.41) is 3.69. The summed E-state index contributed by atoms with van der Waals surface area (Å²) in [5.74, 6) is 0.975. The topological polar surface area (TPSA) is 63.8 Å². The first kappa shape index (κ1) is 23.1. The number of nitrogens with zero attached hydrogens (tertiary/aromatic N) is 1. The zero-order valence-electron chi connectivity index (χ0n) is 19.1. The third-order valence-electron chi connectivity index (χ3n) is 5.93. The molecule has 178 valence electrons. The summed E-state index contributed by atoms with van der Waals surface area (Å²) in [7, 11) is 0. The van der Waals surface area contributed by atoms with Crippen LogP contribution in [-0.4, -0.2) is 12.1 Å². The van der Waals surface area contributed by atoms with Crippen molar-refractivity contribution in [1.82, 2.24) is 5.32 Å². The van der Waals surface area contributed by atoms with Crippen molar-refractivity contribution in [3.8, 4) is 5.75 Å². The maximum atomic E-state index is 13.2. The van der Waals surface area contributed by atoms with Crippen LogP contribution in [0.15, 0.2) is 76.3 Å². The lowest BCUT2D eigenvalue weighted by Gasteiger charge is -2.12. The van der Waals surface area contributed by atoms with E-state index in [1.165, 1.54) is 17.0 Å². The summed E-state index contributed by atoms with van der Waals surface area (Å²) in [6.45, 7) is 0.651. The Hall–Kier alpha value is -3.71. The molecule has 0 saturated heterocycles. The fourth-order valence-corrected chi connectivity index (χ4v) is 5.36. The van der Waals surface area contributed by atoms with Gasteiger partial charge in [-0.3, -0.25) is 4.79 Å². The Labute approximate surface area is 207 Å². The van der Waals surface area contributed by atoms with E-state index in [9.17, 15) is 9.18 Å². The summed E-state index contributed by atoms with van der Waals surface area (Å²) >= 11 is 1.59. The molecule has 2 heterocycles. The predicted octanol–water partition coefficient (Wildman–Crippen LogP) is 6.62. The lowest BCUT2D eigenvalue weighted by Crippen LogP contribution is -2.23. The molecular weight excluding hydrogens is 463 g/mol. The lowest BCUT2D eigenvalue weighted by molar-refractivity contribution is 0.0948. The summed E-state index contributed by atoms with van der Waals surface area (Å²) < 4.78 is 24.5. The van der Waals surface area contributed by atoms with Crippen LogP contribution in [0.5, 0.6) is 5.75 Å². The molecule has 0 aliphatic heterocycles. The van der Waals surface area contributed by atoms with Gasteiger partial charge in [0.1, 0.15) is 28.9 Å². The molecule has 5 nitrogen and oxygen atoms in total. The third kappa shape index (κ3) is 5.52. The minimum atomic E-state index is -0.274. The number of aliphatic imine (C=N–C) groups is 1. The van der Waals surface area contributed by atoms with Crippen molar-refractivity contribution in [2.75, 3.05) is 0 Å². The maximum absolute atomic E-state index is 13.2. The third-order valence-corrected chi connectivity index (χ3v) is 7.13. The average Bonchev–Trinajstić information content (AvgIpc) is 3.54. The van der Waals surface area contributed by atoms with Crippen molar-refractivity contribution < 1.29 is 18.3 Å². The van der Waals surface area contributed by atoms with Gasteiger partial charge in [-0.15, -0.1) is 11.3 Å². The van der Waals surface area contributed by atoms with Gasteiger partial charge in [0.15, 0.2) is 0 Å². The molecule has 1 amide bonds. The molecule has 0 spiro atoms. The number of aryl methyl sites for hydroxylation is 1. The molecule has 0 radical (unpaired) electrons. The number of nitrogens with one attached hydrogen (secondary N) is 1. The van der Waals surface area contributed by atoms with E-state index < -0.39 is 0 Å². The molecule has 2 aromatic heterocycles. The van der Waals surface area contributed by atoms with Gasteiger partial charge in [0.25, 0.3) is 5.91 Å². The van der Waals surface area contributed by atoms with Crippen LogP contribution in [0.25, 0.3) is 0 Å². The van der Waals surface area contributed by atoms with Crippen molar-refractivity contribution in [3.63, 3.8) is 0 Å². The Bertz CT molecular complexity index is 1330. The number of hydrogen-bond donors (Lipinski definition) is 1. The summed E-state index contributed by atoms with van der Waals surface area (Å²) in [4.78, 5) is 19.2. The molecule has 0 saturated carbocycles. The smallest absolute Gasteiger partial charge is 0.255 e. The number of benzene rings is 2. The Kier molecular flexibility index (Phi) is 7.04. The molecule has 0 atom stereocenters. The lowest BCUT2D eigenvalue weighted by atomic mass is 9.95. The number of rotatable bonds is 8. The second-order valence-corrected chi connectivity index (χ2v) is 9.45. The minimum Gasteiger partial charge on any atom is -0.488 e. The van der Waals surface area contributed by atoms with Crippen LogP contribution in [-0.2, 0) is 26.0 Å². The number of carbonyl (C=O) groups excluding carboxylic acids is 1. The van der Waals surface area contributed by atoms with Gasteiger partial charge in [-0.25, -0.2) is 9.38 Å². The van der Waals surface area contributed by atoms with E-state index >= 15 is 0 Å². The second kappa shape index (κ2) is 10.7. The Balaban J connectivity index is 1.37. The first-order chi connectivity index (χ1) is 17.2. The van der Waals surface area contributed by atoms with Gasteiger partial charge >= 0.3 is 0 Å². The van der Waals surface area contributed by atoms with Gasteiger partial charge in [-0.1, -0.05) is 24.3 Å². The number of ether oxygens (including phenoxy) is 1. The number of hydrogen-bond acceptors (Lipinski definition) is 5. The number of amides is 1. The van der Waals surface area contributed by atoms with Crippen molar-refractivity contribution in [1.29, 1.82) is 0 Å². The number of halogens is 1. The first-order valence-electron chi connectivity index (χ1n) is 11.6. The average molecular weight is 489 g/mol. The minimum absolute atomic E-state index is 0.131. The number of thiophene rings is 1. The zero-order valence-corrected chi connectivity index (χ0v) is 19.9. The molecule has 1 aliphatic rings. The largest absolute Gasteiger partial charge is 0.488 e. The van der Waals surface area contributed by atoms with E-state index in [4.69, 9.17) is 14.1 Å². The molecule has 4 aromatic rings. The first-order valence-corrected chi connectivity index (χ1v) is 12.4. The molecule has 5 rings (SSSR count). The van der Waals surface area contributed by atoms with E-state index in [0.29, 0.717) is 35.2 Å². The molecule has 2 aromatic carbocycles. The van der Waals surface area contributed by atoms with Crippen LogP contribution in [0.1, 0.15) is 50.5 Å². The number of carbonyl (C=O) groups is 1. The molecule has 0 fully saturated rings. The highest BCUT2D eigenvalue weighted by Gasteiger charge is 2.25. The normalized spacial score (nSPS) is 13.1. The SMILES string of the molecule is O=C(NCc1ccco1)c1c(N=Cc2ccccc2OCc2ccc(F)cc2)sc2c1CCCC2. The van der Waals surface area contributed by atoms with Crippen LogP contribution in [0.2, 0.25) is 0 Å². The van der Waals surface area contributed by atoms with Crippen molar-refractivity contribution >= 4 is 28.5 Å². The van der Waals surface area contributed by atoms with E-state index in [2.05, 4.69) is 5.32 Å². The molecular formula is C28H25FN2O3S. The fourth-order valence-electron chi connectivity index (χ4n) is 4.13. The van der Waals surface area contributed by atoms with E-state index in [1.54, 1.807) is 42.0 Å². The van der Waals surface area contributed by atoms with E-state index in [-0.39, 0.29) is 11.7 Å². The molecule has 35 heavy (non-hydrogen) atoms. The van der Waals surface area contributed by atoms with Gasteiger partial charge in [-0.05, 0) is 73.2 Å². The summed E-state index contributed by atoms with van der Waals surface area (Å²) in [6, 6.07) is 17.5. The highest BCUT2D eigenvalue weighted by molar-refractivity contribution is 7.16. The fraction of sp³-hybridized carbons (Fsp3) is 0.214. The van der Waals surface area contributed by atoms with Crippen LogP contribution in [0.4, 0.5) is 9.39 Å². The van der Waals surface area contributed by atoms with Crippen molar-refractivity contribution in [2.24, 2.45) is 4.99 Å². The number of para-hydroxylation sites is 1. The Morgan fingerprint density at radius 1 is 1.09 bits per heavy atom. The molecule has 0 unspecified atom stereocenters. The zero-order chi connectivity index (χ0) is 24.0. The van der Waals surface area contributed by atoms with Gasteiger partial charge < -0.3 is 14.5 Å². The second-order valence-electron chi connectivity index (χ2n) is 8.36. The van der Waals surface area contributed by atoms with Gasteiger partial charge in [-0.2, -0.15) is 0 Å². The standard InChI is InChI=1S/C28H25FN2O3S/c29-21-13-11-19(12-14-21)18-34-24-9-3-1-6-20(24)16-31-28-26(23-8-2-4-10-25(23)35-28)27(32)30-17-22-7-5-15-33-22/h1,3,5-7,9,11-16H,2,4,8,10,17-18H2,(H,30,32). The monoisotopic (exact) mass is 488 g/mol. The van der Waals surface area contributed by atoms with Crippen LogP contribution < -0.4 is 10.1 Å². The van der Waals surface area contributed by atoms with Gasteiger partial charge in [0.05, 0.1) is 18.4 Å². The highest BCUT2D eigenvalue weighted by atomic mass is 32.1. The molecule has 1 aliphatic carbocycles. The van der Waals surface area contributed by atoms with E-state index in [1.807, 2.05) is 30.3 Å². The van der Waals surface area contributed by atoms with Crippen molar-refractivity contribution in [3.05, 3.63) is 106 Å². The quantitative estimate of drug-likeness (QED) is 0.284. The van der Waals surface area contributed by atoms with Crippen LogP contribution in [0.3, 0.4) is 0 Å². The summed E-state index contributed by atoms with van der Waals surface area (Å²) in [5.41, 5.74) is 3.46. The number of fused-ring (bicyclic) bond motifs is 1. The predicted molar refractivity (Wildman–Crippen MR) is 135 cm³/mol.